The number of hydrogen-bond donors (Lipinski definition) is 1. The lowest BCUT2D eigenvalue weighted by atomic mass is 10.1. The van der Waals surface area contributed by atoms with E-state index in [0.717, 1.165) is 22.9 Å². The average molecular weight is 389 g/mol. The van der Waals surface area contributed by atoms with Gasteiger partial charge in [-0.05, 0) is 56.0 Å². The molecule has 2 aromatic rings. The Hall–Kier alpha value is -2.34. The minimum Gasteiger partial charge on any atom is -0.348 e. The zero-order valence-corrected chi connectivity index (χ0v) is 17.4. The predicted molar refractivity (Wildman–Crippen MR) is 110 cm³/mol. The van der Waals surface area contributed by atoms with Gasteiger partial charge in [0.2, 0.25) is 15.9 Å². The number of nitrogens with zero attached hydrogens (tertiary/aromatic N) is 1. The van der Waals surface area contributed by atoms with Crippen molar-refractivity contribution in [1.82, 2.24) is 5.32 Å². The van der Waals surface area contributed by atoms with E-state index in [9.17, 15) is 13.2 Å². The van der Waals surface area contributed by atoms with Crippen LogP contribution in [0.2, 0.25) is 0 Å². The molecule has 0 aliphatic rings. The molecule has 0 saturated heterocycles. The maximum atomic E-state index is 13.0. The highest BCUT2D eigenvalue weighted by Crippen LogP contribution is 2.25. The summed E-state index contributed by atoms with van der Waals surface area (Å²) in [5.41, 5.74) is 3.53. The molecule has 1 N–H and O–H groups in total. The lowest BCUT2D eigenvalue weighted by molar-refractivity contribution is -0.122. The largest absolute Gasteiger partial charge is 0.348 e. The van der Waals surface area contributed by atoms with E-state index in [1.54, 1.807) is 6.07 Å². The van der Waals surface area contributed by atoms with Crippen molar-refractivity contribution in [3.63, 3.8) is 0 Å². The molecule has 0 aliphatic heterocycles. The van der Waals surface area contributed by atoms with Crippen molar-refractivity contribution < 1.29 is 13.2 Å². The van der Waals surface area contributed by atoms with Crippen LogP contribution >= 0.6 is 0 Å². The summed E-state index contributed by atoms with van der Waals surface area (Å²) in [6, 6.07) is 14.0. The highest BCUT2D eigenvalue weighted by Gasteiger charge is 2.32. The summed E-state index contributed by atoms with van der Waals surface area (Å²) >= 11 is 0. The second-order valence-electron chi connectivity index (χ2n) is 6.89. The highest BCUT2D eigenvalue weighted by molar-refractivity contribution is 7.92. The molecule has 6 heteroatoms. The fourth-order valence-corrected chi connectivity index (χ4v) is 4.26. The molecule has 1 amide bonds. The number of carbonyl (C=O) groups is 1. The molecule has 0 radical (unpaired) electrons. The predicted octanol–water partition coefficient (Wildman–Crippen LogP) is 3.73. The van der Waals surface area contributed by atoms with Crippen molar-refractivity contribution in [3.05, 3.63) is 65.2 Å². The van der Waals surface area contributed by atoms with Crippen molar-refractivity contribution in [2.24, 2.45) is 0 Å². The van der Waals surface area contributed by atoms with Gasteiger partial charge < -0.3 is 5.32 Å². The standard InChI is InChI=1S/C21H28N2O3S/c1-6-20(21(24)22-17(4)18-10-8-7-9-11-18)23(27(5,25)26)19-13-12-15(2)16(3)14-19/h7-14,17,20H,6H2,1-5H3,(H,22,24)/t17-,20+/m1/s1. The third-order valence-electron chi connectivity index (χ3n) is 4.73. The molecule has 0 heterocycles. The second kappa shape index (κ2) is 8.57. The molecule has 0 aromatic heterocycles. The van der Waals surface area contributed by atoms with Crippen LogP contribution in [0.1, 0.15) is 43.0 Å². The lowest BCUT2D eigenvalue weighted by Gasteiger charge is -2.31. The zero-order valence-electron chi connectivity index (χ0n) is 16.6. The summed E-state index contributed by atoms with van der Waals surface area (Å²) in [6.45, 7) is 7.60. The van der Waals surface area contributed by atoms with Gasteiger partial charge in [-0.15, -0.1) is 0 Å². The molecule has 2 rings (SSSR count). The number of hydrogen-bond acceptors (Lipinski definition) is 3. The Morgan fingerprint density at radius 2 is 1.70 bits per heavy atom. The first kappa shape index (κ1) is 21.0. The summed E-state index contributed by atoms with van der Waals surface area (Å²) in [7, 11) is -3.63. The summed E-state index contributed by atoms with van der Waals surface area (Å²) in [5, 5.41) is 2.95. The number of aryl methyl sites for hydroxylation is 2. The average Bonchev–Trinajstić information content (AvgIpc) is 2.61. The van der Waals surface area contributed by atoms with E-state index in [-0.39, 0.29) is 11.9 Å². The van der Waals surface area contributed by atoms with Crippen molar-refractivity contribution in [2.75, 3.05) is 10.6 Å². The molecule has 0 fully saturated rings. The highest BCUT2D eigenvalue weighted by atomic mass is 32.2. The van der Waals surface area contributed by atoms with Crippen LogP contribution in [-0.4, -0.2) is 26.6 Å². The van der Waals surface area contributed by atoms with Crippen LogP contribution < -0.4 is 9.62 Å². The number of nitrogens with one attached hydrogen (secondary N) is 1. The molecule has 27 heavy (non-hydrogen) atoms. The van der Waals surface area contributed by atoms with E-state index in [0.29, 0.717) is 12.1 Å². The van der Waals surface area contributed by atoms with Crippen molar-refractivity contribution in [1.29, 1.82) is 0 Å². The van der Waals surface area contributed by atoms with Crippen molar-refractivity contribution in [2.45, 2.75) is 46.2 Å². The second-order valence-corrected chi connectivity index (χ2v) is 8.75. The Labute approximate surface area is 162 Å². The van der Waals surface area contributed by atoms with E-state index in [1.165, 1.54) is 4.31 Å². The van der Waals surface area contributed by atoms with Crippen LogP contribution in [0.25, 0.3) is 0 Å². The molecule has 5 nitrogen and oxygen atoms in total. The Morgan fingerprint density at radius 1 is 1.07 bits per heavy atom. The third-order valence-corrected chi connectivity index (χ3v) is 5.91. The van der Waals surface area contributed by atoms with Gasteiger partial charge in [-0.2, -0.15) is 0 Å². The molecule has 0 saturated carbocycles. The van der Waals surface area contributed by atoms with Crippen molar-refractivity contribution >= 4 is 21.6 Å². The first-order chi connectivity index (χ1) is 12.6. The molecular formula is C21H28N2O3S. The maximum absolute atomic E-state index is 13.0. The van der Waals surface area contributed by atoms with Crippen molar-refractivity contribution in [3.8, 4) is 0 Å². The smallest absolute Gasteiger partial charge is 0.244 e. The Balaban J connectivity index is 2.34. The molecule has 0 bridgehead atoms. The minimum atomic E-state index is -3.63. The molecular weight excluding hydrogens is 360 g/mol. The molecule has 0 aliphatic carbocycles. The third kappa shape index (κ3) is 5.10. The number of amides is 1. The van der Waals surface area contributed by atoms with Gasteiger partial charge in [0, 0.05) is 0 Å². The first-order valence-electron chi connectivity index (χ1n) is 9.07. The van der Waals surface area contributed by atoms with Crippen LogP contribution in [0.3, 0.4) is 0 Å². The quantitative estimate of drug-likeness (QED) is 0.786. The molecule has 2 atom stereocenters. The van der Waals surface area contributed by atoms with Gasteiger partial charge in [0.25, 0.3) is 0 Å². The Bertz CT molecular complexity index is 895. The van der Waals surface area contributed by atoms with E-state index in [1.807, 2.05) is 70.2 Å². The fraction of sp³-hybridized carbons (Fsp3) is 0.381. The molecule has 0 unspecified atom stereocenters. The van der Waals surface area contributed by atoms with Crippen LogP contribution in [0, 0.1) is 13.8 Å². The SMILES string of the molecule is CC[C@@H](C(=O)N[C@H](C)c1ccccc1)N(c1ccc(C)c(C)c1)S(C)(=O)=O. The lowest BCUT2D eigenvalue weighted by Crippen LogP contribution is -2.49. The van der Waals surface area contributed by atoms with Crippen LogP contribution in [0.15, 0.2) is 48.5 Å². The number of anilines is 1. The molecule has 0 spiro atoms. The summed E-state index contributed by atoms with van der Waals surface area (Å²) in [5.74, 6) is -0.308. The first-order valence-corrected chi connectivity index (χ1v) is 10.9. The Kier molecular flexibility index (Phi) is 6.65. The van der Waals surface area contributed by atoms with Crippen LogP contribution in [0.5, 0.6) is 0 Å². The number of sulfonamides is 1. The van der Waals surface area contributed by atoms with E-state index < -0.39 is 16.1 Å². The van der Waals surface area contributed by atoms with Gasteiger partial charge in [0.05, 0.1) is 18.0 Å². The van der Waals surface area contributed by atoms with E-state index in [4.69, 9.17) is 0 Å². The molecule has 2 aromatic carbocycles. The number of carbonyl (C=O) groups excluding carboxylic acids is 1. The summed E-state index contributed by atoms with van der Waals surface area (Å²) in [6.07, 6.45) is 1.51. The van der Waals surface area contributed by atoms with Gasteiger partial charge >= 0.3 is 0 Å². The fourth-order valence-electron chi connectivity index (χ4n) is 3.06. The van der Waals surface area contributed by atoms with E-state index >= 15 is 0 Å². The topological polar surface area (TPSA) is 66.5 Å². The normalized spacial score (nSPS) is 13.7. The maximum Gasteiger partial charge on any atom is 0.244 e. The molecule has 146 valence electrons. The minimum absolute atomic E-state index is 0.214. The van der Waals surface area contributed by atoms with Gasteiger partial charge in [-0.3, -0.25) is 9.10 Å². The van der Waals surface area contributed by atoms with E-state index in [2.05, 4.69) is 5.32 Å². The van der Waals surface area contributed by atoms with Gasteiger partial charge in [-0.1, -0.05) is 43.3 Å². The van der Waals surface area contributed by atoms with Gasteiger partial charge in [0.1, 0.15) is 6.04 Å². The zero-order chi connectivity index (χ0) is 20.2. The van der Waals surface area contributed by atoms with Gasteiger partial charge in [0.15, 0.2) is 0 Å². The monoisotopic (exact) mass is 388 g/mol. The summed E-state index contributed by atoms with van der Waals surface area (Å²) in [4.78, 5) is 13.0. The number of benzene rings is 2. The number of rotatable bonds is 7. The van der Waals surface area contributed by atoms with Crippen LogP contribution in [-0.2, 0) is 14.8 Å². The summed E-state index contributed by atoms with van der Waals surface area (Å²) < 4.78 is 26.3. The van der Waals surface area contributed by atoms with Gasteiger partial charge in [-0.25, -0.2) is 8.42 Å². The Morgan fingerprint density at radius 3 is 2.22 bits per heavy atom. The van der Waals surface area contributed by atoms with Crippen LogP contribution in [0.4, 0.5) is 5.69 Å².